The fourth-order valence-electron chi connectivity index (χ4n) is 1.55. The van der Waals surface area contributed by atoms with Crippen LogP contribution < -0.4 is 5.69 Å². The molecule has 0 bridgehead atoms. The van der Waals surface area contributed by atoms with E-state index in [9.17, 15) is 13.6 Å². The van der Waals surface area contributed by atoms with E-state index in [1.165, 1.54) is 4.57 Å². The number of nitrogens with zero attached hydrogens (tertiary/aromatic N) is 2. The molecule has 0 aliphatic carbocycles. The molecule has 2 N–H and O–H groups in total. The lowest BCUT2D eigenvalue weighted by Gasteiger charge is -2.06. The lowest BCUT2D eigenvalue weighted by atomic mass is 10.2. The molecule has 2 aromatic rings. The Hall–Kier alpha value is -1.67. The van der Waals surface area contributed by atoms with Crippen LogP contribution in [0.2, 0.25) is 0 Å². The van der Waals surface area contributed by atoms with Gasteiger partial charge in [-0.15, -0.1) is 5.10 Å². The number of halogens is 2. The monoisotopic (exact) mass is 287 g/mol. The van der Waals surface area contributed by atoms with Gasteiger partial charge in [0.15, 0.2) is 5.16 Å². The summed E-state index contributed by atoms with van der Waals surface area (Å²) in [5.41, 5.74) is -0.285. The third kappa shape index (κ3) is 2.69. The Morgan fingerprint density at radius 3 is 2.58 bits per heavy atom. The van der Waals surface area contributed by atoms with E-state index >= 15 is 0 Å². The van der Waals surface area contributed by atoms with Gasteiger partial charge < -0.3 is 5.11 Å². The van der Waals surface area contributed by atoms with Crippen LogP contribution in [0, 0.1) is 11.6 Å². The van der Waals surface area contributed by atoms with Gasteiger partial charge in [-0.3, -0.25) is 4.57 Å². The summed E-state index contributed by atoms with van der Waals surface area (Å²) in [7, 11) is 0. The van der Waals surface area contributed by atoms with Crippen LogP contribution in [0.3, 0.4) is 0 Å². The van der Waals surface area contributed by atoms with Crippen molar-refractivity contribution in [1.82, 2.24) is 14.8 Å². The standard InChI is InChI=1S/C11H11F2N3O2S/c1-2-16-10(18)14-15-11(16)19-9-7(12)3-6(5-17)4-8(9)13/h3-4,17H,2,5H2,1H3,(H,14,18). The van der Waals surface area contributed by atoms with Crippen molar-refractivity contribution >= 4 is 11.8 Å². The summed E-state index contributed by atoms with van der Waals surface area (Å²) in [5, 5.41) is 15.0. The molecule has 1 heterocycles. The zero-order chi connectivity index (χ0) is 14.0. The van der Waals surface area contributed by atoms with Gasteiger partial charge in [-0.05, 0) is 36.4 Å². The van der Waals surface area contributed by atoms with Crippen molar-refractivity contribution in [3.8, 4) is 0 Å². The van der Waals surface area contributed by atoms with E-state index in [-0.39, 0.29) is 15.6 Å². The fraction of sp³-hybridized carbons (Fsp3) is 0.273. The second-order valence-electron chi connectivity index (χ2n) is 3.70. The summed E-state index contributed by atoms with van der Waals surface area (Å²) in [4.78, 5) is 11.1. The minimum absolute atomic E-state index is 0.147. The zero-order valence-electron chi connectivity index (χ0n) is 9.98. The summed E-state index contributed by atoms with van der Waals surface area (Å²) in [6.45, 7) is 1.62. The molecule has 0 saturated heterocycles. The molecule has 0 aliphatic rings. The van der Waals surface area contributed by atoms with Gasteiger partial charge in [0.05, 0.1) is 11.5 Å². The molecule has 5 nitrogen and oxygen atoms in total. The number of hydrogen-bond donors (Lipinski definition) is 2. The Labute approximate surface area is 111 Å². The molecule has 0 atom stereocenters. The highest BCUT2D eigenvalue weighted by Gasteiger charge is 2.16. The van der Waals surface area contributed by atoms with Crippen LogP contribution in [0.1, 0.15) is 12.5 Å². The summed E-state index contributed by atoms with van der Waals surface area (Å²) in [6, 6.07) is 2.10. The first-order chi connectivity index (χ1) is 9.06. The van der Waals surface area contributed by atoms with E-state index in [0.717, 1.165) is 23.9 Å². The second-order valence-corrected chi connectivity index (χ2v) is 4.68. The van der Waals surface area contributed by atoms with Crippen LogP contribution in [0.5, 0.6) is 0 Å². The van der Waals surface area contributed by atoms with Crippen LogP contribution in [-0.2, 0) is 13.2 Å². The van der Waals surface area contributed by atoms with Gasteiger partial charge in [0.25, 0.3) is 0 Å². The molecular formula is C11H11F2N3O2S. The van der Waals surface area contributed by atoms with Gasteiger partial charge >= 0.3 is 5.69 Å². The highest BCUT2D eigenvalue weighted by molar-refractivity contribution is 7.99. The van der Waals surface area contributed by atoms with Crippen LogP contribution in [0.25, 0.3) is 0 Å². The van der Waals surface area contributed by atoms with Crippen molar-refractivity contribution in [2.24, 2.45) is 0 Å². The quantitative estimate of drug-likeness (QED) is 0.894. The van der Waals surface area contributed by atoms with Crippen LogP contribution >= 0.6 is 11.8 Å². The lowest BCUT2D eigenvalue weighted by Crippen LogP contribution is -2.16. The molecule has 0 fully saturated rings. The van der Waals surface area contributed by atoms with Crippen molar-refractivity contribution < 1.29 is 13.9 Å². The summed E-state index contributed by atoms with van der Waals surface area (Å²) >= 11 is 0.721. The third-order valence-electron chi connectivity index (χ3n) is 2.47. The smallest absolute Gasteiger partial charge is 0.343 e. The SMILES string of the molecule is CCn1c(Sc2c(F)cc(CO)cc2F)n[nH]c1=O. The molecular weight excluding hydrogens is 276 g/mol. The van der Waals surface area contributed by atoms with Crippen molar-refractivity contribution in [2.75, 3.05) is 0 Å². The van der Waals surface area contributed by atoms with E-state index in [1.807, 2.05) is 0 Å². The Kier molecular flexibility index (Phi) is 4.01. The number of aromatic amines is 1. The molecule has 8 heteroatoms. The van der Waals surface area contributed by atoms with Gasteiger partial charge in [-0.1, -0.05) is 0 Å². The second kappa shape index (κ2) is 5.54. The van der Waals surface area contributed by atoms with Gasteiger partial charge in [-0.25, -0.2) is 18.7 Å². The van der Waals surface area contributed by atoms with Crippen LogP contribution in [0.15, 0.2) is 27.0 Å². The Balaban J connectivity index is 2.41. The molecule has 0 spiro atoms. The first-order valence-electron chi connectivity index (χ1n) is 5.48. The van der Waals surface area contributed by atoms with Crippen molar-refractivity contribution in [3.63, 3.8) is 0 Å². The van der Waals surface area contributed by atoms with E-state index in [0.29, 0.717) is 6.54 Å². The first-order valence-corrected chi connectivity index (χ1v) is 6.30. The van der Waals surface area contributed by atoms with E-state index in [2.05, 4.69) is 10.2 Å². The van der Waals surface area contributed by atoms with Gasteiger partial charge in [0.1, 0.15) is 11.6 Å². The molecule has 0 radical (unpaired) electrons. The molecule has 2 rings (SSSR count). The number of nitrogens with one attached hydrogen (secondary N) is 1. The maximum atomic E-state index is 13.7. The van der Waals surface area contributed by atoms with Gasteiger partial charge in [-0.2, -0.15) is 0 Å². The average Bonchev–Trinajstić information content (AvgIpc) is 2.73. The number of aliphatic hydroxyl groups excluding tert-OH is 1. The highest BCUT2D eigenvalue weighted by atomic mass is 32.2. The minimum atomic E-state index is -0.799. The van der Waals surface area contributed by atoms with Gasteiger partial charge in [0.2, 0.25) is 0 Å². The van der Waals surface area contributed by atoms with Crippen molar-refractivity contribution in [2.45, 2.75) is 30.1 Å². The normalized spacial score (nSPS) is 10.9. The lowest BCUT2D eigenvalue weighted by molar-refractivity contribution is 0.280. The summed E-state index contributed by atoms with van der Waals surface area (Å²) in [6.07, 6.45) is 0. The van der Waals surface area contributed by atoms with Crippen LogP contribution in [-0.4, -0.2) is 19.9 Å². The van der Waals surface area contributed by atoms with Crippen LogP contribution in [0.4, 0.5) is 8.78 Å². The number of aromatic nitrogens is 3. The number of hydrogen-bond acceptors (Lipinski definition) is 4. The van der Waals surface area contributed by atoms with Crippen molar-refractivity contribution in [1.29, 1.82) is 0 Å². The Morgan fingerprint density at radius 2 is 2.05 bits per heavy atom. The number of benzene rings is 1. The van der Waals surface area contributed by atoms with Crippen molar-refractivity contribution in [3.05, 3.63) is 39.8 Å². The fourth-order valence-corrected chi connectivity index (χ4v) is 2.46. The highest BCUT2D eigenvalue weighted by Crippen LogP contribution is 2.31. The number of aliphatic hydroxyl groups is 1. The number of rotatable bonds is 4. The van der Waals surface area contributed by atoms with E-state index in [1.54, 1.807) is 6.92 Å². The average molecular weight is 287 g/mol. The summed E-state index contributed by atoms with van der Waals surface area (Å²) in [5.74, 6) is -1.60. The predicted molar refractivity (Wildman–Crippen MR) is 64.9 cm³/mol. The third-order valence-corrected chi connectivity index (χ3v) is 3.56. The maximum absolute atomic E-state index is 13.7. The Morgan fingerprint density at radius 1 is 1.42 bits per heavy atom. The zero-order valence-corrected chi connectivity index (χ0v) is 10.8. The molecule has 1 aromatic heterocycles. The van der Waals surface area contributed by atoms with Gasteiger partial charge in [0, 0.05) is 6.54 Å². The minimum Gasteiger partial charge on any atom is -0.392 e. The first kappa shape index (κ1) is 13.8. The predicted octanol–water partition coefficient (Wildman–Crippen LogP) is 1.51. The molecule has 1 aromatic carbocycles. The topological polar surface area (TPSA) is 70.9 Å². The molecule has 102 valence electrons. The molecule has 0 amide bonds. The molecule has 0 aliphatic heterocycles. The Bertz CT molecular complexity index is 631. The maximum Gasteiger partial charge on any atom is 0.343 e. The summed E-state index contributed by atoms with van der Waals surface area (Å²) < 4.78 is 28.7. The largest absolute Gasteiger partial charge is 0.392 e. The number of H-pyrrole nitrogens is 1. The van der Waals surface area contributed by atoms with E-state index < -0.39 is 23.9 Å². The molecule has 19 heavy (non-hydrogen) atoms. The molecule has 0 unspecified atom stereocenters. The van der Waals surface area contributed by atoms with E-state index in [4.69, 9.17) is 5.11 Å². The molecule has 0 saturated carbocycles.